The number of hydrogen-bond donors (Lipinski definition) is 1. The summed E-state index contributed by atoms with van der Waals surface area (Å²) in [6, 6.07) is 0. The number of anilines is 1. The summed E-state index contributed by atoms with van der Waals surface area (Å²) in [6.45, 7) is 1.25. The lowest BCUT2D eigenvalue weighted by molar-refractivity contribution is -0.385. The highest BCUT2D eigenvalue weighted by Crippen LogP contribution is 2.41. The fraction of sp³-hybridized carbons (Fsp3) is 0.692. The van der Waals surface area contributed by atoms with E-state index in [1.165, 1.54) is 7.11 Å². The lowest BCUT2D eigenvalue weighted by atomic mass is 10.2. The standard InChI is InChI=1S/C13H18N4O4/c1-20-13-10(17(18)19)12(14-7-9-3-2-6-21-9)15-11(16-13)8-4-5-8/h8-9H,2-7H2,1H3,(H,14,15,16). The summed E-state index contributed by atoms with van der Waals surface area (Å²) in [5, 5.41) is 14.3. The second kappa shape index (κ2) is 5.80. The highest BCUT2D eigenvalue weighted by Gasteiger charge is 2.33. The lowest BCUT2D eigenvalue weighted by Gasteiger charge is -2.13. The Morgan fingerprint density at radius 3 is 2.81 bits per heavy atom. The van der Waals surface area contributed by atoms with Crippen LogP contribution in [0.2, 0.25) is 0 Å². The third-order valence-corrected chi connectivity index (χ3v) is 3.71. The van der Waals surface area contributed by atoms with Crippen LogP contribution in [0.15, 0.2) is 0 Å². The van der Waals surface area contributed by atoms with E-state index in [9.17, 15) is 10.1 Å². The Morgan fingerprint density at radius 1 is 1.43 bits per heavy atom. The quantitative estimate of drug-likeness (QED) is 0.631. The van der Waals surface area contributed by atoms with Crippen molar-refractivity contribution in [3.05, 3.63) is 15.9 Å². The molecule has 114 valence electrons. The molecule has 2 aliphatic rings. The maximum Gasteiger partial charge on any atom is 0.372 e. The van der Waals surface area contributed by atoms with E-state index >= 15 is 0 Å². The fourth-order valence-corrected chi connectivity index (χ4v) is 2.42. The molecule has 0 bridgehead atoms. The molecule has 0 radical (unpaired) electrons. The second-order valence-electron chi connectivity index (χ2n) is 5.34. The molecular weight excluding hydrogens is 276 g/mol. The molecule has 1 saturated carbocycles. The van der Waals surface area contributed by atoms with E-state index < -0.39 is 4.92 Å². The molecule has 21 heavy (non-hydrogen) atoms. The zero-order valence-electron chi connectivity index (χ0n) is 11.9. The Morgan fingerprint density at radius 2 is 2.24 bits per heavy atom. The maximum absolute atomic E-state index is 11.3. The minimum absolute atomic E-state index is 0.0201. The predicted molar refractivity (Wildman–Crippen MR) is 74.7 cm³/mol. The number of rotatable bonds is 6. The molecule has 1 aliphatic carbocycles. The van der Waals surface area contributed by atoms with Crippen LogP contribution in [0.3, 0.4) is 0 Å². The number of nitro groups is 1. The molecule has 1 atom stereocenters. The Kier molecular flexibility index (Phi) is 3.87. The Bertz CT molecular complexity index is 541. The molecule has 2 fully saturated rings. The minimum Gasteiger partial charge on any atom is -0.476 e. The van der Waals surface area contributed by atoms with Crippen LogP contribution in [0.1, 0.15) is 37.4 Å². The Labute approximate surface area is 122 Å². The molecule has 0 amide bonds. The van der Waals surface area contributed by atoms with Gasteiger partial charge in [0.1, 0.15) is 5.82 Å². The summed E-state index contributed by atoms with van der Waals surface area (Å²) in [5.41, 5.74) is -0.208. The van der Waals surface area contributed by atoms with Crippen molar-refractivity contribution < 1.29 is 14.4 Å². The summed E-state index contributed by atoms with van der Waals surface area (Å²) in [6.07, 6.45) is 4.10. The van der Waals surface area contributed by atoms with Gasteiger partial charge in [-0.2, -0.15) is 4.98 Å². The van der Waals surface area contributed by atoms with Gasteiger partial charge in [-0.05, 0) is 25.7 Å². The maximum atomic E-state index is 11.3. The molecule has 1 aliphatic heterocycles. The molecular formula is C13H18N4O4. The first-order chi connectivity index (χ1) is 10.2. The van der Waals surface area contributed by atoms with Crippen molar-refractivity contribution in [3.63, 3.8) is 0 Å². The molecule has 8 heteroatoms. The zero-order valence-corrected chi connectivity index (χ0v) is 11.9. The zero-order chi connectivity index (χ0) is 14.8. The normalized spacial score (nSPS) is 21.3. The summed E-state index contributed by atoms with van der Waals surface area (Å²) in [7, 11) is 1.38. The van der Waals surface area contributed by atoms with Gasteiger partial charge in [-0.1, -0.05) is 0 Å². The summed E-state index contributed by atoms with van der Waals surface area (Å²) in [5.74, 6) is 1.16. The van der Waals surface area contributed by atoms with Crippen LogP contribution in [-0.4, -0.2) is 41.3 Å². The minimum atomic E-state index is -0.507. The van der Waals surface area contributed by atoms with Gasteiger partial charge in [-0.3, -0.25) is 10.1 Å². The molecule has 1 aromatic heterocycles. The number of hydrogen-bond acceptors (Lipinski definition) is 7. The van der Waals surface area contributed by atoms with Crippen LogP contribution in [0.5, 0.6) is 5.88 Å². The van der Waals surface area contributed by atoms with Crippen molar-refractivity contribution in [2.24, 2.45) is 0 Å². The number of ether oxygens (including phenoxy) is 2. The highest BCUT2D eigenvalue weighted by molar-refractivity contribution is 5.62. The van der Waals surface area contributed by atoms with Crippen LogP contribution in [-0.2, 0) is 4.74 Å². The average Bonchev–Trinajstić information content (AvgIpc) is 3.20. The van der Waals surface area contributed by atoms with Gasteiger partial charge in [0.25, 0.3) is 5.88 Å². The highest BCUT2D eigenvalue weighted by atomic mass is 16.6. The number of nitrogens with one attached hydrogen (secondary N) is 1. The van der Waals surface area contributed by atoms with Crippen LogP contribution in [0.25, 0.3) is 0 Å². The topological polar surface area (TPSA) is 99.4 Å². The fourth-order valence-electron chi connectivity index (χ4n) is 2.42. The van der Waals surface area contributed by atoms with Crippen LogP contribution >= 0.6 is 0 Å². The van der Waals surface area contributed by atoms with Gasteiger partial charge >= 0.3 is 5.69 Å². The van der Waals surface area contributed by atoms with Gasteiger partial charge in [-0.15, -0.1) is 0 Å². The van der Waals surface area contributed by atoms with Crippen LogP contribution in [0.4, 0.5) is 11.5 Å². The lowest BCUT2D eigenvalue weighted by Crippen LogP contribution is -2.20. The van der Waals surface area contributed by atoms with Crippen molar-refractivity contribution in [3.8, 4) is 5.88 Å². The van der Waals surface area contributed by atoms with Gasteiger partial charge in [-0.25, -0.2) is 4.98 Å². The van der Waals surface area contributed by atoms with Crippen LogP contribution in [0, 0.1) is 10.1 Å². The molecule has 0 aromatic carbocycles. The molecule has 1 aromatic rings. The first kappa shape index (κ1) is 14.0. The van der Waals surface area contributed by atoms with Crippen molar-refractivity contribution >= 4 is 11.5 Å². The van der Waals surface area contributed by atoms with Gasteiger partial charge in [0.2, 0.25) is 5.82 Å². The van der Waals surface area contributed by atoms with E-state index in [-0.39, 0.29) is 23.5 Å². The van der Waals surface area contributed by atoms with E-state index in [4.69, 9.17) is 9.47 Å². The first-order valence-corrected chi connectivity index (χ1v) is 7.15. The van der Waals surface area contributed by atoms with E-state index in [0.717, 1.165) is 32.3 Å². The molecule has 3 rings (SSSR count). The Balaban J connectivity index is 1.86. The third kappa shape index (κ3) is 3.05. The number of nitrogens with zero attached hydrogens (tertiary/aromatic N) is 3. The summed E-state index contributed by atoms with van der Waals surface area (Å²) >= 11 is 0. The molecule has 8 nitrogen and oxygen atoms in total. The second-order valence-corrected chi connectivity index (χ2v) is 5.34. The van der Waals surface area contributed by atoms with Gasteiger partial charge in [0, 0.05) is 19.1 Å². The van der Waals surface area contributed by atoms with Crippen molar-refractivity contribution in [2.45, 2.75) is 37.7 Å². The van der Waals surface area contributed by atoms with Gasteiger partial charge < -0.3 is 14.8 Å². The van der Waals surface area contributed by atoms with E-state index in [1.54, 1.807) is 0 Å². The first-order valence-electron chi connectivity index (χ1n) is 7.15. The monoisotopic (exact) mass is 294 g/mol. The summed E-state index contributed by atoms with van der Waals surface area (Å²) < 4.78 is 10.6. The number of methoxy groups -OCH3 is 1. The third-order valence-electron chi connectivity index (χ3n) is 3.71. The molecule has 1 N–H and O–H groups in total. The molecule has 2 heterocycles. The van der Waals surface area contributed by atoms with Crippen LogP contribution < -0.4 is 10.1 Å². The molecule has 1 saturated heterocycles. The molecule has 1 unspecified atom stereocenters. The molecule has 0 spiro atoms. The van der Waals surface area contributed by atoms with Crippen molar-refractivity contribution in [2.75, 3.05) is 25.6 Å². The van der Waals surface area contributed by atoms with Gasteiger partial charge in [0.15, 0.2) is 0 Å². The SMILES string of the molecule is COc1nc(C2CC2)nc(NCC2CCCO2)c1[N+](=O)[O-]. The number of aromatic nitrogens is 2. The van der Waals surface area contributed by atoms with E-state index in [0.29, 0.717) is 18.3 Å². The van der Waals surface area contributed by atoms with Crippen molar-refractivity contribution in [1.29, 1.82) is 0 Å². The average molecular weight is 294 g/mol. The van der Waals surface area contributed by atoms with Crippen molar-refractivity contribution in [1.82, 2.24) is 9.97 Å². The smallest absolute Gasteiger partial charge is 0.372 e. The Hall–Kier alpha value is -1.96. The summed E-state index contributed by atoms with van der Waals surface area (Å²) in [4.78, 5) is 19.3. The van der Waals surface area contributed by atoms with Gasteiger partial charge in [0.05, 0.1) is 18.1 Å². The van der Waals surface area contributed by atoms with E-state index in [1.807, 2.05) is 0 Å². The predicted octanol–water partition coefficient (Wildman–Crippen LogP) is 1.86. The van der Waals surface area contributed by atoms with E-state index in [2.05, 4.69) is 15.3 Å². The largest absolute Gasteiger partial charge is 0.476 e.